The van der Waals surface area contributed by atoms with E-state index in [1.54, 1.807) is 30.2 Å². The summed E-state index contributed by atoms with van der Waals surface area (Å²) in [6, 6.07) is 4.77. The van der Waals surface area contributed by atoms with Gasteiger partial charge in [-0.1, -0.05) is 6.07 Å². The number of nitrogens with zero attached hydrogens (tertiary/aromatic N) is 2. The van der Waals surface area contributed by atoms with Crippen LogP contribution in [0, 0.1) is 0 Å². The normalized spacial score (nSPS) is 20.4. The molecule has 0 bridgehead atoms. The molecule has 1 aliphatic rings. The Morgan fingerprint density at radius 3 is 2.86 bits per heavy atom. The van der Waals surface area contributed by atoms with E-state index in [2.05, 4.69) is 20.9 Å². The number of halogens is 1. The van der Waals surface area contributed by atoms with Crippen LogP contribution in [0.15, 0.2) is 22.8 Å². The van der Waals surface area contributed by atoms with Crippen LogP contribution in [0.2, 0.25) is 0 Å². The zero-order valence-electron chi connectivity index (χ0n) is 11.7. The van der Waals surface area contributed by atoms with Crippen LogP contribution < -0.4 is 0 Å². The van der Waals surface area contributed by atoms with Gasteiger partial charge in [0, 0.05) is 19.7 Å². The Balaban J connectivity index is 2.21. The van der Waals surface area contributed by atoms with E-state index < -0.39 is 9.84 Å². The molecule has 1 aliphatic heterocycles. The number of amides is 1. The standard InChI is InChI=1S/C13H17BrN2O4S/c1-20-7-6-16(10-5-8-21(18,19)9-10)13(17)11-3-2-4-12(14)15-11/h2-4,10H,5-9H2,1H3. The molecule has 2 heterocycles. The van der Waals surface area contributed by atoms with Crippen LogP contribution in [0.3, 0.4) is 0 Å². The molecule has 21 heavy (non-hydrogen) atoms. The molecule has 116 valence electrons. The highest BCUT2D eigenvalue weighted by Crippen LogP contribution is 2.20. The summed E-state index contributed by atoms with van der Waals surface area (Å²) < 4.78 is 28.9. The highest BCUT2D eigenvalue weighted by Gasteiger charge is 2.35. The summed E-state index contributed by atoms with van der Waals surface area (Å²) >= 11 is 3.23. The minimum Gasteiger partial charge on any atom is -0.383 e. The molecule has 6 nitrogen and oxygen atoms in total. The zero-order valence-corrected chi connectivity index (χ0v) is 14.1. The fourth-order valence-corrected chi connectivity index (χ4v) is 4.41. The van der Waals surface area contributed by atoms with E-state index in [0.29, 0.717) is 29.9 Å². The topological polar surface area (TPSA) is 76.6 Å². The summed E-state index contributed by atoms with van der Waals surface area (Å²) in [6.45, 7) is 0.708. The highest BCUT2D eigenvalue weighted by molar-refractivity contribution is 9.10. The van der Waals surface area contributed by atoms with Crippen molar-refractivity contribution in [1.82, 2.24) is 9.88 Å². The van der Waals surface area contributed by atoms with Gasteiger partial charge < -0.3 is 9.64 Å². The average Bonchev–Trinajstić information content (AvgIpc) is 2.79. The number of aromatic nitrogens is 1. The van der Waals surface area contributed by atoms with Crippen molar-refractivity contribution in [1.29, 1.82) is 0 Å². The summed E-state index contributed by atoms with van der Waals surface area (Å²) in [5.41, 5.74) is 0.296. The van der Waals surface area contributed by atoms with Crippen LogP contribution in [-0.2, 0) is 14.6 Å². The minimum atomic E-state index is -3.05. The van der Waals surface area contributed by atoms with E-state index >= 15 is 0 Å². The molecule has 1 atom stereocenters. The van der Waals surface area contributed by atoms with Crippen LogP contribution in [0.1, 0.15) is 16.9 Å². The lowest BCUT2D eigenvalue weighted by Gasteiger charge is -2.27. The maximum Gasteiger partial charge on any atom is 0.272 e. The molecule has 0 N–H and O–H groups in total. The summed E-state index contributed by atoms with van der Waals surface area (Å²) in [5, 5.41) is 0. The van der Waals surface area contributed by atoms with Crippen molar-refractivity contribution in [3.63, 3.8) is 0 Å². The number of pyridine rings is 1. The molecule has 0 saturated carbocycles. The Morgan fingerprint density at radius 2 is 2.29 bits per heavy atom. The summed E-state index contributed by atoms with van der Waals surface area (Å²) in [7, 11) is -1.51. The van der Waals surface area contributed by atoms with Gasteiger partial charge >= 0.3 is 0 Å². The number of sulfone groups is 1. The molecule has 1 saturated heterocycles. The number of hydrogen-bond acceptors (Lipinski definition) is 5. The number of carbonyl (C=O) groups excluding carboxylic acids is 1. The van der Waals surface area contributed by atoms with Gasteiger partial charge in [0.2, 0.25) is 0 Å². The van der Waals surface area contributed by atoms with E-state index in [9.17, 15) is 13.2 Å². The molecule has 1 unspecified atom stereocenters. The van der Waals surface area contributed by atoms with Gasteiger partial charge in [-0.25, -0.2) is 13.4 Å². The molecule has 2 rings (SSSR count). The number of hydrogen-bond donors (Lipinski definition) is 0. The van der Waals surface area contributed by atoms with Crippen molar-refractivity contribution < 1.29 is 17.9 Å². The molecular weight excluding hydrogens is 360 g/mol. The third kappa shape index (κ3) is 4.24. The number of carbonyl (C=O) groups is 1. The Hall–Kier alpha value is -0.990. The molecule has 1 aromatic heterocycles. The predicted molar refractivity (Wildman–Crippen MR) is 81.9 cm³/mol. The average molecular weight is 377 g/mol. The van der Waals surface area contributed by atoms with E-state index in [-0.39, 0.29) is 23.5 Å². The smallest absolute Gasteiger partial charge is 0.272 e. The van der Waals surface area contributed by atoms with Gasteiger partial charge in [-0.3, -0.25) is 4.79 Å². The largest absolute Gasteiger partial charge is 0.383 e. The van der Waals surface area contributed by atoms with Crippen LogP contribution >= 0.6 is 15.9 Å². The monoisotopic (exact) mass is 376 g/mol. The van der Waals surface area contributed by atoms with Crippen LogP contribution in [0.25, 0.3) is 0 Å². The summed E-state index contributed by atoms with van der Waals surface area (Å²) in [4.78, 5) is 18.3. The maximum absolute atomic E-state index is 12.6. The van der Waals surface area contributed by atoms with Crippen molar-refractivity contribution in [2.45, 2.75) is 12.5 Å². The number of ether oxygens (including phenoxy) is 1. The minimum absolute atomic E-state index is 0.0104. The molecule has 0 aromatic carbocycles. The molecule has 1 fully saturated rings. The first-order valence-electron chi connectivity index (χ1n) is 6.56. The summed E-state index contributed by atoms with van der Waals surface area (Å²) in [6.07, 6.45) is 0.464. The van der Waals surface area contributed by atoms with Gasteiger partial charge in [-0.05, 0) is 34.5 Å². The number of rotatable bonds is 5. The Kier molecular flexibility index (Phi) is 5.34. The Morgan fingerprint density at radius 1 is 1.52 bits per heavy atom. The molecule has 8 heteroatoms. The first kappa shape index (κ1) is 16.4. The van der Waals surface area contributed by atoms with Crippen LogP contribution in [0.4, 0.5) is 0 Å². The van der Waals surface area contributed by atoms with Crippen molar-refractivity contribution in [3.05, 3.63) is 28.5 Å². The third-order valence-electron chi connectivity index (χ3n) is 3.38. The van der Waals surface area contributed by atoms with Crippen molar-refractivity contribution in [3.8, 4) is 0 Å². The fraction of sp³-hybridized carbons (Fsp3) is 0.538. The molecule has 1 aromatic rings. The SMILES string of the molecule is COCCN(C(=O)c1cccc(Br)n1)C1CCS(=O)(=O)C1. The predicted octanol–water partition coefficient (Wildman–Crippen LogP) is 1.12. The fourth-order valence-electron chi connectivity index (χ4n) is 2.34. The van der Waals surface area contributed by atoms with Gasteiger partial charge in [0.25, 0.3) is 5.91 Å². The van der Waals surface area contributed by atoms with Gasteiger partial charge in [0.15, 0.2) is 9.84 Å². The van der Waals surface area contributed by atoms with E-state index in [1.807, 2.05) is 0 Å². The lowest BCUT2D eigenvalue weighted by atomic mass is 10.2. The number of methoxy groups -OCH3 is 1. The maximum atomic E-state index is 12.6. The third-order valence-corrected chi connectivity index (χ3v) is 5.57. The Labute approximate surface area is 132 Å². The second-order valence-electron chi connectivity index (χ2n) is 4.89. The first-order chi connectivity index (χ1) is 9.93. The van der Waals surface area contributed by atoms with Crippen molar-refractivity contribution >= 4 is 31.7 Å². The van der Waals surface area contributed by atoms with Gasteiger partial charge in [-0.15, -0.1) is 0 Å². The van der Waals surface area contributed by atoms with Gasteiger partial charge in [0.05, 0.1) is 18.1 Å². The van der Waals surface area contributed by atoms with E-state index in [4.69, 9.17) is 4.74 Å². The van der Waals surface area contributed by atoms with Gasteiger partial charge in [0.1, 0.15) is 10.3 Å². The van der Waals surface area contributed by atoms with Crippen molar-refractivity contribution in [2.75, 3.05) is 31.8 Å². The first-order valence-corrected chi connectivity index (χ1v) is 9.17. The molecule has 0 spiro atoms. The quantitative estimate of drug-likeness (QED) is 0.719. The zero-order chi connectivity index (χ0) is 15.5. The second kappa shape index (κ2) is 6.85. The van der Waals surface area contributed by atoms with Crippen LogP contribution in [0.5, 0.6) is 0 Å². The lowest BCUT2D eigenvalue weighted by Crippen LogP contribution is -2.43. The van der Waals surface area contributed by atoms with Gasteiger partial charge in [-0.2, -0.15) is 0 Å². The van der Waals surface area contributed by atoms with Crippen molar-refractivity contribution in [2.24, 2.45) is 0 Å². The molecule has 0 radical (unpaired) electrons. The van der Waals surface area contributed by atoms with E-state index in [1.165, 1.54) is 0 Å². The molecule has 0 aliphatic carbocycles. The molecule has 1 amide bonds. The highest BCUT2D eigenvalue weighted by atomic mass is 79.9. The second-order valence-corrected chi connectivity index (χ2v) is 7.93. The van der Waals surface area contributed by atoms with E-state index in [0.717, 1.165) is 0 Å². The van der Waals surface area contributed by atoms with Crippen LogP contribution in [-0.4, -0.2) is 62.0 Å². The summed E-state index contributed by atoms with van der Waals surface area (Å²) in [5.74, 6) is -0.132. The molecular formula is C13H17BrN2O4S. The lowest BCUT2D eigenvalue weighted by molar-refractivity contribution is 0.0618. The Bertz CT molecular complexity index is 620.